The summed E-state index contributed by atoms with van der Waals surface area (Å²) in [6.07, 6.45) is 19.5. The minimum absolute atomic E-state index is 0.917. The quantitative estimate of drug-likeness (QED) is 0.242. The van der Waals surface area contributed by atoms with Crippen molar-refractivity contribution in [1.82, 2.24) is 0 Å². The van der Waals surface area contributed by atoms with E-state index in [0.29, 0.717) is 0 Å². The zero-order valence-electron chi connectivity index (χ0n) is 14.1. The van der Waals surface area contributed by atoms with Crippen LogP contribution in [0.5, 0.6) is 0 Å². The molecule has 0 aromatic heterocycles. The van der Waals surface area contributed by atoms with Gasteiger partial charge in [0.1, 0.15) is 0 Å². The Labute approximate surface area is 123 Å². The lowest BCUT2D eigenvalue weighted by Gasteiger charge is -2.09. The molecule has 0 aliphatic carbocycles. The molecule has 0 aromatic carbocycles. The number of hydrogen-bond donors (Lipinski definition) is 0. The maximum Gasteiger partial charge on any atom is -0.0346 e. The zero-order valence-corrected chi connectivity index (χ0v) is 14.1. The molecule has 0 unspecified atom stereocenters. The summed E-state index contributed by atoms with van der Waals surface area (Å²) in [4.78, 5) is 0. The Hall–Kier alpha value is -0.260. The molecule has 0 N–H and O–H groups in total. The average molecular weight is 267 g/mol. The summed E-state index contributed by atoms with van der Waals surface area (Å²) in [6, 6.07) is 0. The molecule has 0 rings (SSSR count). The second-order valence-corrected chi connectivity index (χ2v) is 6.58. The van der Waals surface area contributed by atoms with Gasteiger partial charge in [0.05, 0.1) is 0 Å². The van der Waals surface area contributed by atoms with Crippen LogP contribution < -0.4 is 0 Å². The fourth-order valence-electron chi connectivity index (χ4n) is 2.60. The molecule has 0 radical (unpaired) electrons. The van der Waals surface area contributed by atoms with Gasteiger partial charge in [-0.25, -0.2) is 0 Å². The Morgan fingerprint density at radius 1 is 0.789 bits per heavy atom. The molecule has 0 amide bonds. The van der Waals surface area contributed by atoms with E-state index in [1.165, 1.54) is 82.6 Å². The van der Waals surface area contributed by atoms with Crippen molar-refractivity contribution in [1.29, 1.82) is 0 Å². The summed E-state index contributed by atoms with van der Waals surface area (Å²) in [6.45, 7) is 9.11. The monoisotopic (exact) mass is 266 g/mol. The van der Waals surface area contributed by atoms with E-state index >= 15 is 0 Å². The van der Waals surface area contributed by atoms with Crippen LogP contribution in [0.3, 0.4) is 0 Å². The summed E-state index contributed by atoms with van der Waals surface area (Å²) in [5.41, 5.74) is 1.47. The van der Waals surface area contributed by atoms with Gasteiger partial charge in [0.25, 0.3) is 0 Å². The third kappa shape index (κ3) is 15.7. The fourth-order valence-corrected chi connectivity index (χ4v) is 2.60. The topological polar surface area (TPSA) is 0 Å². The molecule has 19 heavy (non-hydrogen) atoms. The van der Waals surface area contributed by atoms with Crippen LogP contribution in [-0.2, 0) is 0 Å². The van der Waals surface area contributed by atoms with Gasteiger partial charge in [-0.1, -0.05) is 89.7 Å². The molecule has 1 atom stereocenters. The van der Waals surface area contributed by atoms with Crippen molar-refractivity contribution in [2.45, 2.75) is 105 Å². The van der Waals surface area contributed by atoms with Crippen LogP contribution in [0.15, 0.2) is 11.6 Å². The van der Waals surface area contributed by atoms with Crippen molar-refractivity contribution >= 4 is 0 Å². The molecule has 0 fully saturated rings. The molecule has 0 aromatic rings. The predicted octanol–water partition coefficient (Wildman–Crippen LogP) is 7.29. The summed E-state index contributed by atoms with van der Waals surface area (Å²) in [5, 5.41) is 0. The van der Waals surface area contributed by atoms with Gasteiger partial charge in [-0.2, -0.15) is 0 Å². The maximum atomic E-state index is 2.42. The Kier molecular flexibility index (Phi) is 14.0. The zero-order chi connectivity index (χ0) is 14.3. The first-order chi connectivity index (χ1) is 9.16. The smallest absolute Gasteiger partial charge is 0.0346 e. The summed E-state index contributed by atoms with van der Waals surface area (Å²) >= 11 is 0. The SMILES string of the molecule is CCCCCCCCCCC[C@H](C)CCC=C(C)C. The molecule has 114 valence electrons. The number of rotatable bonds is 13. The van der Waals surface area contributed by atoms with Gasteiger partial charge in [-0.3, -0.25) is 0 Å². The molecule has 0 nitrogen and oxygen atoms in total. The van der Waals surface area contributed by atoms with E-state index in [1.54, 1.807) is 0 Å². The normalized spacial score (nSPS) is 12.4. The first-order valence-electron chi connectivity index (χ1n) is 8.80. The molecule has 0 bridgehead atoms. The number of unbranched alkanes of at least 4 members (excludes halogenated alkanes) is 8. The van der Waals surface area contributed by atoms with Crippen molar-refractivity contribution in [3.8, 4) is 0 Å². The Morgan fingerprint density at radius 2 is 1.32 bits per heavy atom. The van der Waals surface area contributed by atoms with E-state index in [0.717, 1.165) is 5.92 Å². The second kappa shape index (κ2) is 14.2. The van der Waals surface area contributed by atoms with Crippen LogP contribution in [0.2, 0.25) is 0 Å². The number of allylic oxidation sites excluding steroid dienone is 2. The third-order valence-corrected chi connectivity index (χ3v) is 4.01. The predicted molar refractivity (Wildman–Crippen MR) is 89.7 cm³/mol. The highest BCUT2D eigenvalue weighted by molar-refractivity contribution is 4.92. The lowest BCUT2D eigenvalue weighted by molar-refractivity contribution is 0.457. The van der Waals surface area contributed by atoms with Crippen LogP contribution in [0, 0.1) is 5.92 Å². The summed E-state index contributed by atoms with van der Waals surface area (Å²) in [7, 11) is 0. The van der Waals surface area contributed by atoms with Crippen LogP contribution >= 0.6 is 0 Å². The average Bonchev–Trinajstić information content (AvgIpc) is 2.36. The van der Waals surface area contributed by atoms with E-state index < -0.39 is 0 Å². The third-order valence-electron chi connectivity index (χ3n) is 4.01. The van der Waals surface area contributed by atoms with Gasteiger partial charge in [-0.15, -0.1) is 0 Å². The van der Waals surface area contributed by atoms with Crippen molar-refractivity contribution < 1.29 is 0 Å². The molecular weight excluding hydrogens is 228 g/mol. The number of hydrogen-bond acceptors (Lipinski definition) is 0. The first-order valence-corrected chi connectivity index (χ1v) is 8.80. The van der Waals surface area contributed by atoms with Gasteiger partial charge in [0.15, 0.2) is 0 Å². The van der Waals surface area contributed by atoms with Crippen LogP contribution in [-0.4, -0.2) is 0 Å². The van der Waals surface area contributed by atoms with Gasteiger partial charge in [-0.05, 0) is 32.6 Å². The second-order valence-electron chi connectivity index (χ2n) is 6.58. The first kappa shape index (κ1) is 18.7. The van der Waals surface area contributed by atoms with Crippen molar-refractivity contribution in [3.63, 3.8) is 0 Å². The molecule has 0 spiro atoms. The lowest BCUT2D eigenvalue weighted by Crippen LogP contribution is -1.94. The highest BCUT2D eigenvalue weighted by Crippen LogP contribution is 2.17. The van der Waals surface area contributed by atoms with Crippen molar-refractivity contribution in [2.24, 2.45) is 5.92 Å². The molecular formula is C19H38. The summed E-state index contributed by atoms with van der Waals surface area (Å²) < 4.78 is 0. The van der Waals surface area contributed by atoms with Crippen molar-refractivity contribution in [3.05, 3.63) is 11.6 Å². The molecule has 0 heterocycles. The molecule has 0 saturated heterocycles. The largest absolute Gasteiger partial charge is 0.0859 e. The van der Waals surface area contributed by atoms with Crippen LogP contribution in [0.1, 0.15) is 105 Å². The molecule has 0 aliphatic heterocycles. The Morgan fingerprint density at radius 3 is 1.84 bits per heavy atom. The Bertz CT molecular complexity index is 198. The van der Waals surface area contributed by atoms with Gasteiger partial charge < -0.3 is 0 Å². The standard InChI is InChI=1S/C19H38/c1-5-6-7-8-9-10-11-12-13-16-19(4)17-14-15-18(2)3/h15,19H,5-14,16-17H2,1-4H3/t19-/m0/s1. The van der Waals surface area contributed by atoms with Crippen LogP contribution in [0.25, 0.3) is 0 Å². The molecule has 0 heteroatoms. The minimum atomic E-state index is 0.917. The fraction of sp³-hybridized carbons (Fsp3) is 0.895. The maximum absolute atomic E-state index is 2.42. The van der Waals surface area contributed by atoms with Gasteiger partial charge >= 0.3 is 0 Å². The highest BCUT2D eigenvalue weighted by atomic mass is 14.1. The lowest BCUT2D eigenvalue weighted by atomic mass is 9.97. The summed E-state index contributed by atoms with van der Waals surface area (Å²) in [5.74, 6) is 0.917. The highest BCUT2D eigenvalue weighted by Gasteiger charge is 2.00. The van der Waals surface area contributed by atoms with E-state index in [4.69, 9.17) is 0 Å². The van der Waals surface area contributed by atoms with Crippen LogP contribution in [0.4, 0.5) is 0 Å². The van der Waals surface area contributed by atoms with E-state index in [-0.39, 0.29) is 0 Å². The Balaban J connectivity index is 3.18. The minimum Gasteiger partial charge on any atom is -0.0859 e. The van der Waals surface area contributed by atoms with Gasteiger partial charge in [0.2, 0.25) is 0 Å². The molecule has 0 aliphatic rings. The molecule has 0 saturated carbocycles. The van der Waals surface area contributed by atoms with Gasteiger partial charge in [0, 0.05) is 0 Å². The van der Waals surface area contributed by atoms with E-state index in [2.05, 4.69) is 33.8 Å². The van der Waals surface area contributed by atoms with Crippen molar-refractivity contribution in [2.75, 3.05) is 0 Å². The van der Waals surface area contributed by atoms with E-state index in [9.17, 15) is 0 Å². The van der Waals surface area contributed by atoms with E-state index in [1.807, 2.05) is 0 Å².